The highest BCUT2D eigenvalue weighted by atomic mass is 79.9. The molecule has 4 nitrogen and oxygen atoms in total. The van der Waals surface area contributed by atoms with Crippen LogP contribution in [0.5, 0.6) is 17.2 Å². The average molecular weight is 275 g/mol. The molecule has 0 heterocycles. The molecule has 0 radical (unpaired) electrons. The third-order valence-corrected chi connectivity index (χ3v) is 2.42. The second-order valence-electron chi connectivity index (χ2n) is 2.78. The van der Waals surface area contributed by atoms with Gasteiger partial charge in [0.15, 0.2) is 5.78 Å². The van der Waals surface area contributed by atoms with E-state index in [0.717, 1.165) is 0 Å². The van der Waals surface area contributed by atoms with Crippen molar-refractivity contribution < 1.29 is 19.4 Å². The Balaban J connectivity index is 3.30. The fourth-order valence-electron chi connectivity index (χ4n) is 1.20. The molecule has 0 aromatic heterocycles. The number of benzene rings is 1. The van der Waals surface area contributed by atoms with Gasteiger partial charge in [-0.15, -0.1) is 0 Å². The molecule has 0 fully saturated rings. The average Bonchev–Trinajstić information content (AvgIpc) is 2.26. The molecule has 1 rings (SSSR count). The van der Waals surface area contributed by atoms with E-state index in [1.807, 2.05) is 0 Å². The van der Waals surface area contributed by atoms with Crippen LogP contribution in [0.25, 0.3) is 0 Å². The quantitative estimate of drug-likeness (QED) is 0.674. The van der Waals surface area contributed by atoms with Gasteiger partial charge in [0.2, 0.25) is 0 Å². The van der Waals surface area contributed by atoms with Gasteiger partial charge in [0.05, 0.1) is 19.5 Å². The molecule has 1 aromatic carbocycles. The Labute approximate surface area is 95.9 Å². The molecule has 0 aliphatic carbocycles. The van der Waals surface area contributed by atoms with Crippen LogP contribution >= 0.6 is 15.9 Å². The first-order valence-electron chi connectivity index (χ1n) is 4.18. The smallest absolute Gasteiger partial charge is 0.180 e. The van der Waals surface area contributed by atoms with Gasteiger partial charge in [0.25, 0.3) is 0 Å². The number of carbonyl (C=O) groups is 1. The molecule has 0 aliphatic heterocycles. The van der Waals surface area contributed by atoms with Crippen LogP contribution in [-0.4, -0.2) is 30.4 Å². The summed E-state index contributed by atoms with van der Waals surface area (Å²) >= 11 is 3.04. The zero-order chi connectivity index (χ0) is 11.4. The molecule has 0 aliphatic rings. The van der Waals surface area contributed by atoms with E-state index >= 15 is 0 Å². The molecule has 1 N–H and O–H groups in total. The number of alkyl halides is 1. The van der Waals surface area contributed by atoms with E-state index in [0.29, 0.717) is 11.5 Å². The Morgan fingerprint density at radius 3 is 2.53 bits per heavy atom. The fraction of sp³-hybridized carbons (Fsp3) is 0.300. The van der Waals surface area contributed by atoms with Crippen molar-refractivity contribution in [2.24, 2.45) is 0 Å². The molecule has 0 bridgehead atoms. The second kappa shape index (κ2) is 5.02. The Bertz CT molecular complexity index is 376. The van der Waals surface area contributed by atoms with Crippen molar-refractivity contribution in [3.05, 3.63) is 17.7 Å². The second-order valence-corrected chi connectivity index (χ2v) is 3.34. The first-order valence-corrected chi connectivity index (χ1v) is 5.30. The van der Waals surface area contributed by atoms with Gasteiger partial charge in [-0.25, -0.2) is 0 Å². The van der Waals surface area contributed by atoms with Crippen LogP contribution in [0.4, 0.5) is 0 Å². The number of phenolic OH excluding ortho intramolecular Hbond substituents is 1. The number of aromatic hydroxyl groups is 1. The molecule has 5 heteroatoms. The molecule has 0 amide bonds. The first-order chi connectivity index (χ1) is 7.13. The molecule has 82 valence electrons. The molecule has 15 heavy (non-hydrogen) atoms. The van der Waals surface area contributed by atoms with Gasteiger partial charge in [0, 0.05) is 12.1 Å². The number of phenols is 1. The SMILES string of the molecule is COc1cc(O)c(C(=O)CBr)c(OC)c1. The first kappa shape index (κ1) is 11.8. The van der Waals surface area contributed by atoms with E-state index in [4.69, 9.17) is 9.47 Å². The van der Waals surface area contributed by atoms with Crippen molar-refractivity contribution in [3.63, 3.8) is 0 Å². The number of hydrogen-bond acceptors (Lipinski definition) is 4. The Morgan fingerprint density at radius 2 is 2.07 bits per heavy atom. The monoisotopic (exact) mass is 274 g/mol. The third kappa shape index (κ3) is 2.41. The summed E-state index contributed by atoms with van der Waals surface area (Å²) in [6.45, 7) is 0. The van der Waals surface area contributed by atoms with Crippen LogP contribution in [0.15, 0.2) is 12.1 Å². The lowest BCUT2D eigenvalue weighted by Crippen LogP contribution is -2.04. The summed E-state index contributed by atoms with van der Waals surface area (Å²) in [4.78, 5) is 11.5. The number of Topliss-reactive ketones (excluding diaryl/α,β-unsaturated/α-hetero) is 1. The number of carbonyl (C=O) groups excluding carboxylic acids is 1. The molecule has 0 atom stereocenters. The Hall–Kier alpha value is -1.23. The normalized spacial score (nSPS) is 9.80. The maximum atomic E-state index is 11.5. The lowest BCUT2D eigenvalue weighted by atomic mass is 10.1. The third-order valence-electron chi connectivity index (χ3n) is 1.91. The zero-order valence-electron chi connectivity index (χ0n) is 8.41. The van der Waals surface area contributed by atoms with Crippen molar-refractivity contribution >= 4 is 21.7 Å². The van der Waals surface area contributed by atoms with Gasteiger partial charge in [-0.3, -0.25) is 4.79 Å². The van der Waals surface area contributed by atoms with Crippen LogP contribution in [0.2, 0.25) is 0 Å². The lowest BCUT2D eigenvalue weighted by Gasteiger charge is -2.10. The number of methoxy groups -OCH3 is 2. The molecule has 1 aromatic rings. The number of rotatable bonds is 4. The lowest BCUT2D eigenvalue weighted by molar-refractivity contribution is 0.101. The van der Waals surface area contributed by atoms with Crippen LogP contribution in [0.3, 0.4) is 0 Å². The van der Waals surface area contributed by atoms with E-state index in [-0.39, 0.29) is 22.4 Å². The van der Waals surface area contributed by atoms with Gasteiger partial charge >= 0.3 is 0 Å². The fourth-order valence-corrected chi connectivity index (χ4v) is 1.48. The summed E-state index contributed by atoms with van der Waals surface area (Å²) in [5.41, 5.74) is 0.162. The summed E-state index contributed by atoms with van der Waals surface area (Å²) in [6.07, 6.45) is 0. The van der Waals surface area contributed by atoms with Crippen LogP contribution in [-0.2, 0) is 0 Å². The van der Waals surface area contributed by atoms with Crippen molar-refractivity contribution in [1.82, 2.24) is 0 Å². The number of halogens is 1. The van der Waals surface area contributed by atoms with E-state index in [9.17, 15) is 9.90 Å². The molecule has 0 saturated carbocycles. The Kier molecular flexibility index (Phi) is 3.96. The minimum Gasteiger partial charge on any atom is -0.507 e. The van der Waals surface area contributed by atoms with Gasteiger partial charge < -0.3 is 14.6 Å². The number of ketones is 1. The van der Waals surface area contributed by atoms with Crippen molar-refractivity contribution in [2.45, 2.75) is 0 Å². The maximum absolute atomic E-state index is 11.5. The standard InChI is InChI=1S/C10H11BrO4/c1-14-6-3-7(12)10(8(13)5-11)9(4-6)15-2/h3-4,12H,5H2,1-2H3. The van der Waals surface area contributed by atoms with Gasteiger partial charge in [-0.05, 0) is 0 Å². The highest BCUT2D eigenvalue weighted by Crippen LogP contribution is 2.33. The van der Waals surface area contributed by atoms with Crippen LogP contribution < -0.4 is 9.47 Å². The molecule has 0 unspecified atom stereocenters. The summed E-state index contributed by atoms with van der Waals surface area (Å²) in [5.74, 6) is 0.356. The highest BCUT2D eigenvalue weighted by molar-refractivity contribution is 9.09. The van der Waals surface area contributed by atoms with Crippen LogP contribution in [0, 0.1) is 0 Å². The van der Waals surface area contributed by atoms with E-state index in [2.05, 4.69) is 15.9 Å². The summed E-state index contributed by atoms with van der Waals surface area (Å²) in [6, 6.07) is 2.92. The highest BCUT2D eigenvalue weighted by Gasteiger charge is 2.17. The van der Waals surface area contributed by atoms with Gasteiger partial charge in [-0.2, -0.15) is 0 Å². The Morgan fingerprint density at radius 1 is 1.40 bits per heavy atom. The van der Waals surface area contributed by atoms with Crippen molar-refractivity contribution in [1.29, 1.82) is 0 Å². The number of hydrogen-bond donors (Lipinski definition) is 1. The summed E-state index contributed by atoms with van der Waals surface area (Å²) in [5, 5.41) is 9.76. The van der Waals surface area contributed by atoms with Crippen molar-refractivity contribution in [3.8, 4) is 17.2 Å². The van der Waals surface area contributed by atoms with E-state index in [1.165, 1.54) is 20.3 Å². The summed E-state index contributed by atoms with van der Waals surface area (Å²) in [7, 11) is 2.90. The minimum atomic E-state index is -0.244. The molecule has 0 spiro atoms. The van der Waals surface area contributed by atoms with Crippen LogP contribution in [0.1, 0.15) is 10.4 Å². The molecule has 0 saturated heterocycles. The van der Waals surface area contributed by atoms with Crippen molar-refractivity contribution in [2.75, 3.05) is 19.5 Å². The largest absolute Gasteiger partial charge is 0.507 e. The van der Waals surface area contributed by atoms with E-state index in [1.54, 1.807) is 6.07 Å². The maximum Gasteiger partial charge on any atom is 0.180 e. The van der Waals surface area contributed by atoms with Gasteiger partial charge in [-0.1, -0.05) is 15.9 Å². The van der Waals surface area contributed by atoms with E-state index < -0.39 is 0 Å². The predicted molar refractivity (Wildman–Crippen MR) is 59.3 cm³/mol. The zero-order valence-corrected chi connectivity index (χ0v) is 10.00. The number of ether oxygens (including phenoxy) is 2. The topological polar surface area (TPSA) is 55.8 Å². The summed E-state index contributed by atoms with van der Waals surface area (Å²) < 4.78 is 9.95. The minimum absolute atomic E-state index is 0.128. The molecular weight excluding hydrogens is 264 g/mol. The predicted octanol–water partition coefficient (Wildman–Crippen LogP) is 1.99. The molecular formula is C10H11BrO4. The van der Waals surface area contributed by atoms with Gasteiger partial charge in [0.1, 0.15) is 22.8 Å².